The van der Waals surface area contributed by atoms with Crippen molar-refractivity contribution in [2.24, 2.45) is 5.92 Å². The van der Waals surface area contributed by atoms with E-state index >= 15 is 0 Å². The summed E-state index contributed by atoms with van der Waals surface area (Å²) >= 11 is 0. The van der Waals surface area contributed by atoms with Gasteiger partial charge in [0.1, 0.15) is 0 Å². The summed E-state index contributed by atoms with van der Waals surface area (Å²) in [5.74, 6) is 0.326. The van der Waals surface area contributed by atoms with E-state index in [0.29, 0.717) is 6.54 Å². The number of benzene rings is 1. The van der Waals surface area contributed by atoms with Crippen molar-refractivity contribution in [3.63, 3.8) is 0 Å². The molecule has 0 saturated carbocycles. The van der Waals surface area contributed by atoms with Crippen LogP contribution in [0.2, 0.25) is 0 Å². The van der Waals surface area contributed by atoms with E-state index in [2.05, 4.69) is 41.8 Å². The van der Waals surface area contributed by atoms with Gasteiger partial charge in [-0.05, 0) is 31.9 Å². The standard InChI is InChI=1S/C14H20N2O.ClH/c1-11-4-6-12(7-5-11)9-16-14(17)13-3-2-8-15-10-13;/h4-7,13,15H,2-3,8-10H2,1H3,(H,16,17);1H. The van der Waals surface area contributed by atoms with Gasteiger partial charge < -0.3 is 10.6 Å². The van der Waals surface area contributed by atoms with Crippen LogP contribution in [0, 0.1) is 12.8 Å². The zero-order valence-corrected chi connectivity index (χ0v) is 11.6. The largest absolute Gasteiger partial charge is 0.352 e. The van der Waals surface area contributed by atoms with E-state index in [4.69, 9.17) is 0 Å². The second-order valence-electron chi connectivity index (χ2n) is 4.75. The number of hydrogen-bond acceptors (Lipinski definition) is 2. The normalized spacial score (nSPS) is 18.8. The van der Waals surface area contributed by atoms with Crippen molar-refractivity contribution in [1.82, 2.24) is 10.6 Å². The molecular weight excluding hydrogens is 248 g/mol. The smallest absolute Gasteiger partial charge is 0.224 e. The van der Waals surface area contributed by atoms with Crippen LogP contribution in [0.15, 0.2) is 24.3 Å². The third-order valence-electron chi connectivity index (χ3n) is 3.26. The lowest BCUT2D eigenvalue weighted by Crippen LogP contribution is -2.40. The number of rotatable bonds is 3. The SMILES string of the molecule is Cc1ccc(CNC(=O)C2CCCNC2)cc1.Cl. The highest BCUT2D eigenvalue weighted by Crippen LogP contribution is 2.10. The van der Waals surface area contributed by atoms with Crippen molar-refractivity contribution >= 4 is 18.3 Å². The predicted octanol–water partition coefficient (Wildman–Crippen LogP) is 2.03. The van der Waals surface area contributed by atoms with Crippen molar-refractivity contribution < 1.29 is 4.79 Å². The Morgan fingerprint density at radius 1 is 1.39 bits per heavy atom. The van der Waals surface area contributed by atoms with Crippen LogP contribution < -0.4 is 10.6 Å². The monoisotopic (exact) mass is 268 g/mol. The average Bonchev–Trinajstić information content (AvgIpc) is 2.39. The number of carbonyl (C=O) groups is 1. The number of hydrogen-bond donors (Lipinski definition) is 2. The number of carbonyl (C=O) groups excluding carboxylic acids is 1. The molecule has 0 spiro atoms. The van der Waals surface area contributed by atoms with E-state index < -0.39 is 0 Å². The number of amides is 1. The molecule has 0 radical (unpaired) electrons. The lowest BCUT2D eigenvalue weighted by molar-refractivity contribution is -0.125. The number of aryl methyl sites for hydroxylation is 1. The molecule has 2 rings (SSSR count). The molecule has 100 valence electrons. The minimum atomic E-state index is 0. The number of halogens is 1. The molecule has 18 heavy (non-hydrogen) atoms. The summed E-state index contributed by atoms with van der Waals surface area (Å²) in [4.78, 5) is 11.9. The van der Waals surface area contributed by atoms with Crippen LogP contribution in [-0.4, -0.2) is 19.0 Å². The zero-order chi connectivity index (χ0) is 12.1. The van der Waals surface area contributed by atoms with Gasteiger partial charge in [-0.25, -0.2) is 0 Å². The minimum absolute atomic E-state index is 0. The van der Waals surface area contributed by atoms with Crippen molar-refractivity contribution in [3.05, 3.63) is 35.4 Å². The lowest BCUT2D eigenvalue weighted by atomic mass is 9.99. The van der Waals surface area contributed by atoms with Gasteiger partial charge in [-0.2, -0.15) is 0 Å². The maximum Gasteiger partial charge on any atom is 0.224 e. The number of piperidine rings is 1. The summed E-state index contributed by atoms with van der Waals surface area (Å²) in [6, 6.07) is 8.27. The third-order valence-corrected chi connectivity index (χ3v) is 3.26. The van der Waals surface area contributed by atoms with Gasteiger partial charge in [0, 0.05) is 13.1 Å². The number of nitrogens with one attached hydrogen (secondary N) is 2. The average molecular weight is 269 g/mol. The fraction of sp³-hybridized carbons (Fsp3) is 0.500. The van der Waals surface area contributed by atoms with Gasteiger partial charge in [-0.1, -0.05) is 29.8 Å². The highest BCUT2D eigenvalue weighted by atomic mass is 35.5. The summed E-state index contributed by atoms with van der Waals surface area (Å²) in [6.07, 6.45) is 2.11. The second-order valence-corrected chi connectivity index (χ2v) is 4.75. The van der Waals surface area contributed by atoms with Gasteiger partial charge in [0.25, 0.3) is 0 Å². The second kappa shape index (κ2) is 7.39. The Morgan fingerprint density at radius 2 is 2.11 bits per heavy atom. The Labute approximate surface area is 115 Å². The fourth-order valence-corrected chi connectivity index (χ4v) is 2.12. The molecule has 1 heterocycles. The van der Waals surface area contributed by atoms with Crippen LogP contribution in [-0.2, 0) is 11.3 Å². The summed E-state index contributed by atoms with van der Waals surface area (Å²) < 4.78 is 0. The van der Waals surface area contributed by atoms with E-state index in [1.165, 1.54) is 5.56 Å². The summed E-state index contributed by atoms with van der Waals surface area (Å²) in [5, 5.41) is 6.27. The van der Waals surface area contributed by atoms with E-state index in [-0.39, 0.29) is 24.2 Å². The molecule has 0 aromatic heterocycles. The lowest BCUT2D eigenvalue weighted by Gasteiger charge is -2.21. The molecule has 1 amide bonds. The van der Waals surface area contributed by atoms with Crippen LogP contribution in [0.4, 0.5) is 0 Å². The van der Waals surface area contributed by atoms with Gasteiger partial charge in [0.05, 0.1) is 5.92 Å². The van der Waals surface area contributed by atoms with Crippen LogP contribution >= 0.6 is 12.4 Å². The molecule has 1 unspecified atom stereocenters. The topological polar surface area (TPSA) is 41.1 Å². The Hall–Kier alpha value is -1.06. The van der Waals surface area contributed by atoms with E-state index in [0.717, 1.165) is 31.5 Å². The van der Waals surface area contributed by atoms with Crippen LogP contribution in [0.3, 0.4) is 0 Å². The molecule has 1 saturated heterocycles. The van der Waals surface area contributed by atoms with E-state index in [1.807, 2.05) is 0 Å². The third kappa shape index (κ3) is 4.31. The zero-order valence-electron chi connectivity index (χ0n) is 10.7. The first-order chi connectivity index (χ1) is 8.25. The molecule has 0 bridgehead atoms. The molecule has 1 fully saturated rings. The molecule has 1 aliphatic rings. The first-order valence-corrected chi connectivity index (χ1v) is 6.29. The Balaban J connectivity index is 0.00000162. The molecule has 4 heteroatoms. The van der Waals surface area contributed by atoms with E-state index in [1.54, 1.807) is 0 Å². The highest BCUT2D eigenvalue weighted by molar-refractivity contribution is 5.85. The summed E-state index contributed by atoms with van der Waals surface area (Å²) in [5.41, 5.74) is 2.41. The van der Waals surface area contributed by atoms with Gasteiger partial charge in [-0.15, -0.1) is 12.4 Å². The molecule has 1 atom stereocenters. The Bertz CT molecular complexity index is 372. The Morgan fingerprint density at radius 3 is 2.72 bits per heavy atom. The quantitative estimate of drug-likeness (QED) is 0.881. The van der Waals surface area contributed by atoms with E-state index in [9.17, 15) is 4.79 Å². The minimum Gasteiger partial charge on any atom is -0.352 e. The van der Waals surface area contributed by atoms with Gasteiger partial charge in [0.2, 0.25) is 5.91 Å². The Kier molecular flexibility index (Phi) is 6.16. The maximum absolute atomic E-state index is 11.9. The van der Waals surface area contributed by atoms with Crippen LogP contribution in [0.5, 0.6) is 0 Å². The fourth-order valence-electron chi connectivity index (χ4n) is 2.12. The van der Waals surface area contributed by atoms with Gasteiger partial charge in [-0.3, -0.25) is 4.79 Å². The summed E-state index contributed by atoms with van der Waals surface area (Å²) in [7, 11) is 0. The van der Waals surface area contributed by atoms with Gasteiger partial charge in [0.15, 0.2) is 0 Å². The van der Waals surface area contributed by atoms with Crippen LogP contribution in [0.25, 0.3) is 0 Å². The first kappa shape index (κ1) is 15.0. The van der Waals surface area contributed by atoms with Gasteiger partial charge >= 0.3 is 0 Å². The molecule has 1 aromatic rings. The molecule has 3 nitrogen and oxygen atoms in total. The first-order valence-electron chi connectivity index (χ1n) is 6.29. The van der Waals surface area contributed by atoms with Crippen LogP contribution in [0.1, 0.15) is 24.0 Å². The molecule has 2 N–H and O–H groups in total. The van der Waals surface area contributed by atoms with Crippen molar-refractivity contribution in [2.75, 3.05) is 13.1 Å². The van der Waals surface area contributed by atoms with Crippen molar-refractivity contribution in [2.45, 2.75) is 26.3 Å². The summed E-state index contributed by atoms with van der Waals surface area (Å²) in [6.45, 7) is 4.56. The predicted molar refractivity (Wildman–Crippen MR) is 75.9 cm³/mol. The molecule has 0 aliphatic carbocycles. The highest BCUT2D eigenvalue weighted by Gasteiger charge is 2.20. The molecule has 1 aliphatic heterocycles. The molecule has 1 aromatic carbocycles. The maximum atomic E-state index is 11.9. The van der Waals surface area contributed by atoms with Crippen molar-refractivity contribution in [3.8, 4) is 0 Å². The molecular formula is C14H21ClN2O. The van der Waals surface area contributed by atoms with Crippen molar-refractivity contribution in [1.29, 1.82) is 0 Å².